The van der Waals surface area contributed by atoms with Crippen molar-refractivity contribution >= 4 is 11.8 Å². The van der Waals surface area contributed by atoms with E-state index in [2.05, 4.69) is 44.7 Å². The van der Waals surface area contributed by atoms with Crippen LogP contribution in [0, 0.1) is 10.8 Å². The summed E-state index contributed by atoms with van der Waals surface area (Å²) in [5.74, 6) is -0.334. The predicted molar refractivity (Wildman–Crippen MR) is 295 cm³/mol. The summed E-state index contributed by atoms with van der Waals surface area (Å²) >= 11 is 0. The predicted octanol–water partition coefficient (Wildman–Crippen LogP) is 15.9. The number of esters is 1. The molecule has 382 valence electrons. The van der Waals surface area contributed by atoms with Gasteiger partial charge in [0.2, 0.25) is 0 Å². The minimum atomic E-state index is -1.08. The molecule has 6 nitrogen and oxygen atoms in total. The molecule has 5 atom stereocenters. The van der Waals surface area contributed by atoms with Crippen LogP contribution in [0.3, 0.4) is 0 Å². The molecule has 1 saturated heterocycles. The Labute approximate surface area is 425 Å². The van der Waals surface area contributed by atoms with Crippen LogP contribution in [0.1, 0.15) is 172 Å². The van der Waals surface area contributed by atoms with E-state index in [1.165, 1.54) is 63.9 Å². The molecule has 70 heavy (non-hydrogen) atoms. The van der Waals surface area contributed by atoms with Gasteiger partial charge in [0, 0.05) is 36.3 Å². The Morgan fingerprint density at radius 3 is 1.73 bits per heavy atom. The van der Waals surface area contributed by atoms with E-state index in [9.17, 15) is 19.8 Å². The maximum Gasteiger partial charge on any atom is 0.331 e. The van der Waals surface area contributed by atoms with Crippen LogP contribution >= 0.6 is 0 Å². The third kappa shape index (κ3) is 20.5. The quantitative estimate of drug-likeness (QED) is 0.0213. The molecule has 2 saturated carbocycles. The molecule has 0 bridgehead atoms. The van der Waals surface area contributed by atoms with E-state index >= 15 is 0 Å². The molecule has 0 radical (unpaired) electrons. The highest BCUT2D eigenvalue weighted by molar-refractivity contribution is 5.96. The van der Waals surface area contributed by atoms with Gasteiger partial charge in [0.1, 0.15) is 11.7 Å². The first kappa shape index (κ1) is 59.5. The number of fused-ring (bicyclic) bond motifs is 1. The van der Waals surface area contributed by atoms with Gasteiger partial charge < -0.3 is 19.7 Å². The highest BCUT2D eigenvalue weighted by atomic mass is 16.6. The second kappa shape index (κ2) is 29.5. The van der Waals surface area contributed by atoms with Crippen LogP contribution in [0.5, 0.6) is 0 Å². The Balaban J connectivity index is 1.39. The maximum atomic E-state index is 13.5. The number of aliphatic hydroxyl groups is 2. The fourth-order valence-electron chi connectivity index (χ4n) is 10.1. The molecule has 6 heteroatoms. The number of ketones is 1. The summed E-state index contributed by atoms with van der Waals surface area (Å²) in [7, 11) is 0. The number of aliphatic hydroxyl groups excluding tert-OH is 1. The number of rotatable bonds is 27. The largest absolute Gasteiger partial charge is 0.459 e. The van der Waals surface area contributed by atoms with E-state index in [0.29, 0.717) is 31.3 Å². The molecule has 2 aliphatic carbocycles. The zero-order valence-electron chi connectivity index (χ0n) is 45.1. The van der Waals surface area contributed by atoms with E-state index in [1.807, 2.05) is 158 Å². The molecule has 5 unspecified atom stereocenters. The van der Waals surface area contributed by atoms with Crippen LogP contribution in [0.15, 0.2) is 173 Å². The zero-order chi connectivity index (χ0) is 51.7. The average molecular weight is 955 g/mol. The summed E-state index contributed by atoms with van der Waals surface area (Å²) in [4.78, 5) is 26.3. The number of unbranched alkanes of at least 4 members (excludes halogenated alkanes) is 9. The Morgan fingerprint density at radius 2 is 1.16 bits per heavy atom. The lowest BCUT2D eigenvalue weighted by atomic mass is 9.61. The highest BCUT2D eigenvalue weighted by Gasteiger charge is 2.76. The van der Waals surface area contributed by atoms with Crippen molar-refractivity contribution in [3.63, 3.8) is 0 Å². The number of carbonyl (C=O) groups is 2. The van der Waals surface area contributed by atoms with Gasteiger partial charge in [-0.3, -0.25) is 4.79 Å². The minimum absolute atomic E-state index is 0.0509. The van der Waals surface area contributed by atoms with Gasteiger partial charge in [-0.2, -0.15) is 0 Å². The second-order valence-electron chi connectivity index (χ2n) is 21.6. The van der Waals surface area contributed by atoms with Crippen LogP contribution in [0.4, 0.5) is 0 Å². The maximum absolute atomic E-state index is 13.5. The number of epoxide rings is 1. The van der Waals surface area contributed by atoms with Crippen LogP contribution in [0.25, 0.3) is 0 Å². The van der Waals surface area contributed by atoms with Gasteiger partial charge >= 0.3 is 5.97 Å². The van der Waals surface area contributed by atoms with E-state index in [-0.39, 0.29) is 35.1 Å². The molecule has 0 amide bonds. The Bertz CT molecular complexity index is 2170. The summed E-state index contributed by atoms with van der Waals surface area (Å²) in [6, 6.07) is 0. The summed E-state index contributed by atoms with van der Waals surface area (Å²) < 4.78 is 12.3. The van der Waals surface area contributed by atoms with Gasteiger partial charge in [-0.1, -0.05) is 225 Å². The molecular weight excluding hydrogens is 865 g/mol. The lowest BCUT2D eigenvalue weighted by Crippen LogP contribution is -2.49. The van der Waals surface area contributed by atoms with Gasteiger partial charge in [-0.25, -0.2) is 4.79 Å². The van der Waals surface area contributed by atoms with E-state index < -0.39 is 22.9 Å². The smallest absolute Gasteiger partial charge is 0.331 e. The first-order valence-electron chi connectivity index (χ1n) is 26.2. The molecule has 0 spiro atoms. The summed E-state index contributed by atoms with van der Waals surface area (Å²) in [5.41, 5.74) is 5.04. The van der Waals surface area contributed by atoms with Crippen molar-refractivity contribution in [2.75, 3.05) is 0 Å². The Morgan fingerprint density at radius 1 is 0.629 bits per heavy atom. The molecule has 2 N–H and O–H groups in total. The Hall–Kier alpha value is -4.84. The minimum Gasteiger partial charge on any atom is -0.459 e. The molecule has 0 aromatic rings. The fraction of sp³-hybridized carbons (Fsp3) is 0.516. The van der Waals surface area contributed by atoms with Gasteiger partial charge in [0.05, 0.1) is 17.3 Å². The van der Waals surface area contributed by atoms with E-state index in [4.69, 9.17) is 9.47 Å². The summed E-state index contributed by atoms with van der Waals surface area (Å²) in [6.07, 6.45) is 59.8. The number of ether oxygens (including phenoxy) is 2. The molecule has 1 aliphatic heterocycles. The number of allylic oxidation sites excluding steroid dienone is 25. The van der Waals surface area contributed by atoms with E-state index in [1.54, 1.807) is 13.0 Å². The van der Waals surface area contributed by atoms with Gasteiger partial charge in [0.25, 0.3) is 0 Å². The van der Waals surface area contributed by atoms with Gasteiger partial charge in [-0.05, 0) is 89.9 Å². The topological polar surface area (TPSA) is 96.4 Å². The monoisotopic (exact) mass is 955 g/mol. The van der Waals surface area contributed by atoms with Gasteiger partial charge in [-0.15, -0.1) is 5.73 Å². The van der Waals surface area contributed by atoms with Crippen molar-refractivity contribution < 1.29 is 29.3 Å². The van der Waals surface area contributed by atoms with Crippen LogP contribution in [-0.4, -0.2) is 51.0 Å². The molecule has 3 rings (SSSR count). The lowest BCUT2D eigenvalue weighted by molar-refractivity contribution is -0.147. The van der Waals surface area contributed by atoms with Crippen LogP contribution in [-0.2, 0) is 19.1 Å². The normalized spacial score (nSPS) is 26.7. The first-order valence-corrected chi connectivity index (χ1v) is 26.2. The number of hydrogen-bond acceptors (Lipinski definition) is 6. The Kier molecular flexibility index (Phi) is 25.1. The zero-order valence-corrected chi connectivity index (χ0v) is 45.1. The average Bonchev–Trinajstić information content (AvgIpc) is 3.89. The summed E-state index contributed by atoms with van der Waals surface area (Å²) in [5, 5.41) is 21.1. The number of carbonyl (C=O) groups excluding carboxylic acids is 2. The number of hydrogen-bond donors (Lipinski definition) is 2. The summed E-state index contributed by atoms with van der Waals surface area (Å²) in [6.45, 7) is 22.3. The SMILES string of the molecule is CCCCCCCCCCCC=CC=CC=CC=CC=CC=CC(=O)OC1CC(C)(C)C2(CC(=O)C(C)=CC=CC(C)=CC=CC=C(C)C=CC=C(C)C=C=C3C(C)(C)CC(O)CC3(C)O)OC2(C)C1. The van der Waals surface area contributed by atoms with Crippen LogP contribution < -0.4 is 0 Å². The first-order chi connectivity index (χ1) is 33.2. The van der Waals surface area contributed by atoms with Crippen LogP contribution in [0.2, 0.25) is 0 Å². The third-order valence-electron chi connectivity index (χ3n) is 13.9. The van der Waals surface area contributed by atoms with Crippen molar-refractivity contribution in [3.8, 4) is 0 Å². The van der Waals surface area contributed by atoms with Gasteiger partial charge in [0.15, 0.2) is 5.78 Å². The van der Waals surface area contributed by atoms with E-state index in [0.717, 1.165) is 28.7 Å². The molecule has 0 aromatic heterocycles. The highest BCUT2D eigenvalue weighted by Crippen LogP contribution is 2.67. The lowest BCUT2D eigenvalue weighted by Gasteiger charge is -2.43. The van der Waals surface area contributed by atoms with Crippen molar-refractivity contribution in [1.82, 2.24) is 0 Å². The molecule has 3 fully saturated rings. The van der Waals surface area contributed by atoms with Crippen molar-refractivity contribution in [1.29, 1.82) is 0 Å². The van der Waals surface area contributed by atoms with Crippen molar-refractivity contribution in [2.24, 2.45) is 10.8 Å². The molecule has 3 aliphatic rings. The third-order valence-corrected chi connectivity index (χ3v) is 13.9. The molecule has 0 aromatic carbocycles. The fourth-order valence-corrected chi connectivity index (χ4v) is 10.1. The van der Waals surface area contributed by atoms with Crippen molar-refractivity contribution in [3.05, 3.63) is 173 Å². The molecular formula is C64H90O6. The standard InChI is InChI=1S/C64H90O6/c1-12-13-14-15-16-17-18-19-20-21-22-23-24-25-26-27-28-29-30-31-32-43-59(67)69-56-48-61(8,9)64(63(11,49-56)70-64)50-57(66)54(5)42-36-41-52(3)38-34-33-37-51(2)39-35-40-53(4)44-45-58-60(6,7)46-55(65)47-62(58,10)68/h22-44,55-56,65,68H,12-21,46-50H2,1-11H3. The second-order valence-corrected chi connectivity index (χ2v) is 21.6. The number of Topliss-reactive ketones (excluding diaryl/α,β-unsaturated/α-hetero) is 1. The van der Waals surface area contributed by atoms with Crippen molar-refractivity contribution in [2.45, 2.75) is 201 Å². The molecule has 1 heterocycles.